The summed E-state index contributed by atoms with van der Waals surface area (Å²) in [7, 11) is 0. The molecule has 19 heavy (non-hydrogen) atoms. The zero-order valence-electron chi connectivity index (χ0n) is 10.9. The number of carbonyl (C=O) groups is 1. The van der Waals surface area contributed by atoms with Crippen molar-refractivity contribution in [3.63, 3.8) is 0 Å². The van der Waals surface area contributed by atoms with Crippen molar-refractivity contribution in [1.29, 1.82) is 0 Å². The third-order valence-electron chi connectivity index (χ3n) is 4.41. The maximum absolute atomic E-state index is 13.7. The minimum atomic E-state index is -0.418. The van der Waals surface area contributed by atoms with Gasteiger partial charge in [-0.3, -0.25) is 4.79 Å². The van der Waals surface area contributed by atoms with Crippen molar-refractivity contribution in [3.8, 4) is 0 Å². The van der Waals surface area contributed by atoms with E-state index in [9.17, 15) is 9.18 Å². The van der Waals surface area contributed by atoms with Crippen molar-refractivity contribution in [3.05, 3.63) is 35.6 Å². The number of hydrogen-bond donors (Lipinski definition) is 1. The maximum atomic E-state index is 13.7. The summed E-state index contributed by atoms with van der Waals surface area (Å²) < 4.78 is 13.7. The lowest BCUT2D eigenvalue weighted by Crippen LogP contribution is -2.33. The molecule has 0 saturated carbocycles. The zero-order valence-corrected chi connectivity index (χ0v) is 10.9. The molecule has 0 aliphatic carbocycles. The third kappa shape index (κ3) is 2.50. The third-order valence-corrected chi connectivity index (χ3v) is 4.41. The molecule has 1 N–H and O–H groups in total. The summed E-state index contributed by atoms with van der Waals surface area (Å²) >= 11 is 0. The molecule has 2 aliphatic rings. The number of fused-ring (bicyclic) bond motifs is 1. The molecule has 2 heterocycles. The van der Waals surface area contributed by atoms with Crippen LogP contribution in [0.2, 0.25) is 0 Å². The molecular formula is C15H19FN2O. The molecule has 0 unspecified atom stereocenters. The average molecular weight is 262 g/mol. The topological polar surface area (TPSA) is 32.3 Å². The Kier molecular flexibility index (Phi) is 3.51. The van der Waals surface area contributed by atoms with Gasteiger partial charge in [-0.1, -0.05) is 12.1 Å². The fourth-order valence-electron chi connectivity index (χ4n) is 3.23. The van der Waals surface area contributed by atoms with Crippen molar-refractivity contribution in [1.82, 2.24) is 10.2 Å². The lowest BCUT2D eigenvalue weighted by Gasteiger charge is -2.21. The highest BCUT2D eigenvalue weighted by atomic mass is 19.1. The summed E-state index contributed by atoms with van der Waals surface area (Å²) in [5.74, 6) is 0.779. The van der Waals surface area contributed by atoms with Crippen LogP contribution in [0.5, 0.6) is 0 Å². The monoisotopic (exact) mass is 262 g/mol. The van der Waals surface area contributed by atoms with Gasteiger partial charge in [-0.05, 0) is 49.9 Å². The predicted molar refractivity (Wildman–Crippen MR) is 71.4 cm³/mol. The summed E-state index contributed by atoms with van der Waals surface area (Å²) in [6.45, 7) is 3.62. The number of rotatable bonds is 1. The minimum absolute atomic E-state index is 0.161. The van der Waals surface area contributed by atoms with Gasteiger partial charge < -0.3 is 10.2 Å². The first-order chi connectivity index (χ1) is 9.25. The molecule has 1 aromatic carbocycles. The van der Waals surface area contributed by atoms with Gasteiger partial charge in [0.25, 0.3) is 5.91 Å². The lowest BCUT2D eigenvalue weighted by atomic mass is 9.92. The first-order valence-corrected chi connectivity index (χ1v) is 7.00. The summed E-state index contributed by atoms with van der Waals surface area (Å²) in [4.78, 5) is 14.2. The summed E-state index contributed by atoms with van der Waals surface area (Å²) in [6, 6.07) is 6.26. The van der Waals surface area contributed by atoms with Crippen LogP contribution in [0.3, 0.4) is 0 Å². The Morgan fingerprint density at radius 3 is 2.42 bits per heavy atom. The van der Waals surface area contributed by atoms with Crippen LogP contribution in [0, 0.1) is 17.7 Å². The predicted octanol–water partition coefficient (Wildman–Crippen LogP) is 1.90. The van der Waals surface area contributed by atoms with Crippen LogP contribution in [-0.4, -0.2) is 37.0 Å². The van der Waals surface area contributed by atoms with E-state index in [1.165, 1.54) is 6.07 Å². The van der Waals surface area contributed by atoms with Crippen molar-refractivity contribution < 1.29 is 9.18 Å². The summed E-state index contributed by atoms with van der Waals surface area (Å²) in [5.41, 5.74) is 0.202. The Morgan fingerprint density at radius 1 is 1.16 bits per heavy atom. The number of halogens is 1. The standard InChI is InChI=1S/C15H19FN2O/c16-14-4-2-1-3-13(14)15(19)18-7-5-11-9-17-10-12(11)6-8-18/h1-4,11-12,17H,5-10H2/t11-,12+. The first kappa shape index (κ1) is 12.6. The smallest absolute Gasteiger partial charge is 0.256 e. The molecule has 2 aliphatic heterocycles. The van der Waals surface area contributed by atoms with Crippen LogP contribution in [0.4, 0.5) is 4.39 Å². The van der Waals surface area contributed by atoms with E-state index in [0.29, 0.717) is 11.8 Å². The molecule has 1 amide bonds. The second-order valence-electron chi connectivity index (χ2n) is 5.53. The van der Waals surface area contributed by atoms with E-state index in [1.807, 2.05) is 4.90 Å². The normalized spacial score (nSPS) is 26.9. The van der Waals surface area contributed by atoms with E-state index in [0.717, 1.165) is 39.0 Å². The van der Waals surface area contributed by atoms with Crippen molar-refractivity contribution in [2.75, 3.05) is 26.2 Å². The molecule has 0 spiro atoms. The Hall–Kier alpha value is -1.42. The number of nitrogens with zero attached hydrogens (tertiary/aromatic N) is 1. The van der Waals surface area contributed by atoms with Gasteiger partial charge in [0.15, 0.2) is 0 Å². The number of nitrogens with one attached hydrogen (secondary N) is 1. The van der Waals surface area contributed by atoms with Crippen LogP contribution < -0.4 is 5.32 Å². The molecule has 2 saturated heterocycles. The van der Waals surface area contributed by atoms with E-state index in [-0.39, 0.29) is 11.5 Å². The van der Waals surface area contributed by atoms with E-state index in [4.69, 9.17) is 0 Å². The molecule has 4 heteroatoms. The van der Waals surface area contributed by atoms with Crippen LogP contribution in [0.1, 0.15) is 23.2 Å². The summed E-state index contributed by atoms with van der Waals surface area (Å²) in [5, 5.41) is 3.41. The van der Waals surface area contributed by atoms with Crippen LogP contribution in [-0.2, 0) is 0 Å². The lowest BCUT2D eigenvalue weighted by molar-refractivity contribution is 0.0754. The Morgan fingerprint density at radius 2 is 1.79 bits per heavy atom. The van der Waals surface area contributed by atoms with Crippen molar-refractivity contribution in [2.45, 2.75) is 12.8 Å². The second kappa shape index (κ2) is 5.29. The quantitative estimate of drug-likeness (QED) is 0.838. The van der Waals surface area contributed by atoms with E-state index in [1.54, 1.807) is 18.2 Å². The molecule has 3 rings (SSSR count). The summed E-state index contributed by atoms with van der Waals surface area (Å²) in [6.07, 6.45) is 2.05. The van der Waals surface area contributed by atoms with Gasteiger partial charge >= 0.3 is 0 Å². The molecular weight excluding hydrogens is 243 g/mol. The van der Waals surface area contributed by atoms with Gasteiger partial charge in [-0.15, -0.1) is 0 Å². The number of hydrogen-bond acceptors (Lipinski definition) is 2. The van der Waals surface area contributed by atoms with Gasteiger partial charge in [0.2, 0.25) is 0 Å². The van der Waals surface area contributed by atoms with Crippen molar-refractivity contribution >= 4 is 5.91 Å². The molecule has 3 nitrogen and oxygen atoms in total. The van der Waals surface area contributed by atoms with E-state index in [2.05, 4.69) is 5.32 Å². The second-order valence-corrected chi connectivity index (χ2v) is 5.53. The van der Waals surface area contributed by atoms with Gasteiger partial charge in [-0.2, -0.15) is 0 Å². The van der Waals surface area contributed by atoms with Crippen LogP contribution in [0.15, 0.2) is 24.3 Å². The van der Waals surface area contributed by atoms with Gasteiger partial charge in [-0.25, -0.2) is 4.39 Å². The van der Waals surface area contributed by atoms with Gasteiger partial charge in [0, 0.05) is 13.1 Å². The first-order valence-electron chi connectivity index (χ1n) is 7.00. The Bertz CT molecular complexity index is 463. The molecule has 0 radical (unpaired) electrons. The van der Waals surface area contributed by atoms with Gasteiger partial charge in [0.05, 0.1) is 5.56 Å². The molecule has 2 atom stereocenters. The highest BCUT2D eigenvalue weighted by molar-refractivity contribution is 5.94. The average Bonchev–Trinajstić information content (AvgIpc) is 2.78. The van der Waals surface area contributed by atoms with E-state index >= 15 is 0 Å². The zero-order chi connectivity index (χ0) is 13.2. The van der Waals surface area contributed by atoms with Crippen LogP contribution in [0.25, 0.3) is 0 Å². The largest absolute Gasteiger partial charge is 0.339 e. The van der Waals surface area contributed by atoms with E-state index < -0.39 is 5.82 Å². The Balaban J connectivity index is 1.72. The fourth-order valence-corrected chi connectivity index (χ4v) is 3.23. The molecule has 1 aromatic rings. The number of amides is 1. The number of likely N-dealkylation sites (tertiary alicyclic amines) is 1. The highest BCUT2D eigenvalue weighted by Crippen LogP contribution is 2.27. The number of carbonyl (C=O) groups excluding carboxylic acids is 1. The maximum Gasteiger partial charge on any atom is 0.256 e. The highest BCUT2D eigenvalue weighted by Gasteiger charge is 2.32. The van der Waals surface area contributed by atoms with Crippen molar-refractivity contribution in [2.24, 2.45) is 11.8 Å². The molecule has 102 valence electrons. The molecule has 2 fully saturated rings. The van der Waals surface area contributed by atoms with Crippen LogP contribution >= 0.6 is 0 Å². The minimum Gasteiger partial charge on any atom is -0.339 e. The fraction of sp³-hybridized carbons (Fsp3) is 0.533. The SMILES string of the molecule is O=C(c1ccccc1F)N1CC[C@@H]2CNC[C@@H]2CC1. The van der Waals surface area contributed by atoms with Gasteiger partial charge in [0.1, 0.15) is 5.82 Å². The Labute approximate surface area is 112 Å². The number of benzene rings is 1. The molecule has 0 bridgehead atoms. The molecule has 0 aromatic heterocycles.